The Hall–Kier alpha value is -3.03. The molecule has 0 aliphatic carbocycles. The fourth-order valence-corrected chi connectivity index (χ4v) is 4.28. The maximum Gasteiger partial charge on any atom is 0.325 e. The van der Waals surface area contributed by atoms with Crippen molar-refractivity contribution in [2.75, 3.05) is 44.7 Å². The lowest BCUT2D eigenvalue weighted by atomic mass is 10.0. The van der Waals surface area contributed by atoms with Crippen molar-refractivity contribution in [2.24, 2.45) is 5.73 Å². The van der Waals surface area contributed by atoms with Crippen LogP contribution in [0, 0.1) is 0 Å². The monoisotopic (exact) mass is 408 g/mol. The molecule has 0 bridgehead atoms. The lowest BCUT2D eigenvalue weighted by Crippen LogP contribution is -2.49. The predicted molar refractivity (Wildman–Crippen MR) is 118 cm³/mol. The van der Waals surface area contributed by atoms with Gasteiger partial charge < -0.3 is 25.5 Å². The van der Waals surface area contributed by atoms with Crippen molar-refractivity contribution in [1.82, 2.24) is 9.88 Å². The van der Waals surface area contributed by atoms with Gasteiger partial charge in [0.1, 0.15) is 11.8 Å². The summed E-state index contributed by atoms with van der Waals surface area (Å²) in [6.07, 6.45) is 2.73. The second-order valence-electron chi connectivity index (χ2n) is 7.62. The molecule has 7 heteroatoms. The maximum atomic E-state index is 12.2. The second-order valence-corrected chi connectivity index (χ2v) is 7.62. The predicted octanol–water partition coefficient (Wildman–Crippen LogP) is 2.63. The first kappa shape index (κ1) is 20.3. The molecule has 2 aromatic carbocycles. The standard InChI is InChI=1S/C23H28N4O3/c1-30-19-4-2-3-18(14-19)26-9-11-27(12-10-26)22(23(28)29)16-5-6-21-20(13-16)17(7-8-24)15-25-21/h2-6,13-15,22,25H,7-12,24H2,1H3,(H,28,29). The summed E-state index contributed by atoms with van der Waals surface area (Å²) in [6.45, 7) is 3.44. The highest BCUT2D eigenvalue weighted by atomic mass is 16.5. The Morgan fingerprint density at radius 2 is 2.00 bits per heavy atom. The van der Waals surface area contributed by atoms with Crippen molar-refractivity contribution in [1.29, 1.82) is 0 Å². The van der Waals surface area contributed by atoms with Crippen molar-refractivity contribution in [3.63, 3.8) is 0 Å². The number of piperazine rings is 1. The lowest BCUT2D eigenvalue weighted by Gasteiger charge is -2.39. The first-order valence-corrected chi connectivity index (χ1v) is 10.3. The Labute approximate surface area is 176 Å². The summed E-state index contributed by atoms with van der Waals surface area (Å²) in [5.41, 5.74) is 9.77. The van der Waals surface area contributed by atoms with Crippen LogP contribution in [0.5, 0.6) is 5.75 Å². The number of hydrogen-bond acceptors (Lipinski definition) is 5. The van der Waals surface area contributed by atoms with Crippen LogP contribution in [0.4, 0.5) is 5.69 Å². The number of fused-ring (bicyclic) bond motifs is 1. The summed E-state index contributed by atoms with van der Waals surface area (Å²) in [5.74, 6) is 0.00604. The molecule has 1 aliphatic heterocycles. The minimum absolute atomic E-state index is 0.561. The molecule has 0 spiro atoms. The number of aliphatic carboxylic acids is 1. The number of aromatic nitrogens is 1. The van der Waals surface area contributed by atoms with Gasteiger partial charge in [0.15, 0.2) is 0 Å². The Bertz CT molecular complexity index is 1020. The first-order valence-electron chi connectivity index (χ1n) is 10.3. The average molecular weight is 409 g/mol. The van der Waals surface area contributed by atoms with E-state index in [9.17, 15) is 9.90 Å². The van der Waals surface area contributed by atoms with E-state index in [2.05, 4.69) is 20.9 Å². The van der Waals surface area contributed by atoms with Crippen LogP contribution in [0.15, 0.2) is 48.7 Å². The molecule has 3 aromatic rings. The van der Waals surface area contributed by atoms with Crippen molar-refractivity contribution in [3.8, 4) is 5.75 Å². The SMILES string of the molecule is COc1cccc(N2CCN(C(C(=O)O)c3ccc4[nH]cc(CCN)c4c3)CC2)c1. The highest BCUT2D eigenvalue weighted by Crippen LogP contribution is 2.29. The van der Waals surface area contributed by atoms with Gasteiger partial charge in [0.2, 0.25) is 0 Å². The number of nitrogens with zero attached hydrogens (tertiary/aromatic N) is 2. The molecule has 1 fully saturated rings. The maximum absolute atomic E-state index is 12.2. The number of rotatable bonds is 7. The number of H-pyrrole nitrogens is 1. The number of aromatic amines is 1. The Balaban J connectivity index is 1.53. The van der Waals surface area contributed by atoms with Crippen LogP contribution in [0.1, 0.15) is 17.2 Å². The number of carboxylic acids is 1. The van der Waals surface area contributed by atoms with Gasteiger partial charge in [-0.25, -0.2) is 0 Å². The topological polar surface area (TPSA) is 94.8 Å². The molecule has 1 unspecified atom stereocenters. The quantitative estimate of drug-likeness (QED) is 0.556. The largest absolute Gasteiger partial charge is 0.497 e. The molecule has 2 heterocycles. The van der Waals surface area contributed by atoms with Gasteiger partial charge in [0.05, 0.1) is 7.11 Å². The molecular formula is C23H28N4O3. The molecule has 7 nitrogen and oxygen atoms in total. The number of anilines is 1. The number of nitrogens with two attached hydrogens (primary N) is 1. The van der Waals surface area contributed by atoms with Gasteiger partial charge in [-0.15, -0.1) is 0 Å². The zero-order chi connectivity index (χ0) is 21.1. The van der Waals surface area contributed by atoms with E-state index in [1.54, 1.807) is 7.11 Å². The molecule has 1 aromatic heterocycles. The molecule has 4 N–H and O–H groups in total. The highest BCUT2D eigenvalue weighted by Gasteiger charge is 2.30. The van der Waals surface area contributed by atoms with E-state index in [0.717, 1.165) is 53.0 Å². The molecule has 1 atom stereocenters. The molecule has 30 heavy (non-hydrogen) atoms. The van der Waals surface area contributed by atoms with Gasteiger partial charge in [0, 0.05) is 55.0 Å². The van der Waals surface area contributed by atoms with Gasteiger partial charge >= 0.3 is 5.97 Å². The van der Waals surface area contributed by atoms with Crippen LogP contribution in [0.3, 0.4) is 0 Å². The summed E-state index contributed by atoms with van der Waals surface area (Å²) >= 11 is 0. The van der Waals surface area contributed by atoms with Crippen molar-refractivity contribution in [2.45, 2.75) is 12.5 Å². The number of hydrogen-bond donors (Lipinski definition) is 3. The zero-order valence-electron chi connectivity index (χ0n) is 17.2. The van der Waals surface area contributed by atoms with Crippen molar-refractivity contribution < 1.29 is 14.6 Å². The minimum atomic E-state index is -0.819. The highest BCUT2D eigenvalue weighted by molar-refractivity contribution is 5.86. The van der Waals surface area contributed by atoms with Crippen molar-refractivity contribution >= 4 is 22.6 Å². The van der Waals surface area contributed by atoms with Crippen LogP contribution in [0.25, 0.3) is 10.9 Å². The van der Waals surface area contributed by atoms with Gasteiger partial charge in [-0.3, -0.25) is 9.69 Å². The van der Waals surface area contributed by atoms with Crippen LogP contribution >= 0.6 is 0 Å². The van der Waals surface area contributed by atoms with Crippen LogP contribution in [-0.2, 0) is 11.2 Å². The number of carbonyl (C=O) groups is 1. The number of methoxy groups -OCH3 is 1. The number of carboxylic acid groups (broad SMARTS) is 1. The first-order chi connectivity index (χ1) is 14.6. The molecule has 4 rings (SSSR count). The third-order valence-corrected chi connectivity index (χ3v) is 5.85. The summed E-state index contributed by atoms with van der Waals surface area (Å²) < 4.78 is 5.32. The van der Waals surface area contributed by atoms with Gasteiger partial charge in [0.25, 0.3) is 0 Å². The van der Waals surface area contributed by atoms with E-state index in [1.165, 1.54) is 0 Å². The average Bonchev–Trinajstić information content (AvgIpc) is 3.17. The van der Waals surface area contributed by atoms with E-state index in [1.807, 2.05) is 42.6 Å². The van der Waals surface area contributed by atoms with Gasteiger partial charge in [-0.05, 0) is 48.4 Å². The smallest absolute Gasteiger partial charge is 0.325 e. The number of nitrogens with one attached hydrogen (secondary N) is 1. The van der Waals surface area contributed by atoms with E-state index in [0.29, 0.717) is 19.6 Å². The Kier molecular flexibility index (Phi) is 5.92. The Morgan fingerprint density at radius 3 is 2.70 bits per heavy atom. The fourth-order valence-electron chi connectivity index (χ4n) is 4.28. The third-order valence-electron chi connectivity index (χ3n) is 5.85. The molecular weight excluding hydrogens is 380 g/mol. The van der Waals surface area contributed by atoms with Gasteiger partial charge in [-0.2, -0.15) is 0 Å². The van der Waals surface area contributed by atoms with E-state index < -0.39 is 12.0 Å². The van der Waals surface area contributed by atoms with Crippen LogP contribution in [0.2, 0.25) is 0 Å². The minimum Gasteiger partial charge on any atom is -0.497 e. The Morgan fingerprint density at radius 1 is 1.20 bits per heavy atom. The normalized spacial score (nSPS) is 16.0. The van der Waals surface area contributed by atoms with Crippen LogP contribution < -0.4 is 15.4 Å². The fraction of sp³-hybridized carbons (Fsp3) is 0.348. The van der Waals surface area contributed by atoms with E-state index in [4.69, 9.17) is 10.5 Å². The lowest BCUT2D eigenvalue weighted by molar-refractivity contribution is -0.143. The number of ether oxygens (including phenoxy) is 1. The molecule has 0 radical (unpaired) electrons. The van der Waals surface area contributed by atoms with Gasteiger partial charge in [-0.1, -0.05) is 12.1 Å². The second kappa shape index (κ2) is 8.77. The molecule has 1 saturated heterocycles. The molecule has 1 aliphatic rings. The summed E-state index contributed by atoms with van der Waals surface area (Å²) in [5, 5.41) is 11.1. The zero-order valence-corrected chi connectivity index (χ0v) is 17.2. The third kappa shape index (κ3) is 3.99. The molecule has 158 valence electrons. The summed E-state index contributed by atoms with van der Waals surface area (Å²) in [4.78, 5) is 19.8. The summed E-state index contributed by atoms with van der Waals surface area (Å²) in [7, 11) is 1.66. The summed E-state index contributed by atoms with van der Waals surface area (Å²) in [6, 6.07) is 13.2. The van der Waals surface area contributed by atoms with E-state index >= 15 is 0 Å². The number of benzene rings is 2. The van der Waals surface area contributed by atoms with E-state index in [-0.39, 0.29) is 0 Å². The molecule has 0 amide bonds. The van der Waals surface area contributed by atoms with Crippen LogP contribution in [-0.4, -0.2) is 60.8 Å². The van der Waals surface area contributed by atoms with Crippen molar-refractivity contribution in [3.05, 3.63) is 59.8 Å². The molecule has 0 saturated carbocycles.